The molecule has 0 unspecified atom stereocenters. The van der Waals surface area contributed by atoms with Crippen LogP contribution in [-0.4, -0.2) is 29.8 Å². The van der Waals surface area contributed by atoms with Gasteiger partial charge in [0.25, 0.3) is 0 Å². The molecule has 1 fully saturated rings. The highest BCUT2D eigenvalue weighted by molar-refractivity contribution is 5.74. The highest BCUT2D eigenvalue weighted by Gasteiger charge is 2.21. The monoisotopic (exact) mass is 254 g/mol. The summed E-state index contributed by atoms with van der Waals surface area (Å²) in [6, 6.07) is 0. The number of aromatic nitrogens is 6. The molecule has 3 aromatic heterocycles. The summed E-state index contributed by atoms with van der Waals surface area (Å²) in [5, 5.41) is 11.7. The van der Waals surface area contributed by atoms with Crippen LogP contribution < -0.4 is 0 Å². The third kappa shape index (κ3) is 1.71. The minimum atomic E-state index is 0.543. The van der Waals surface area contributed by atoms with E-state index in [1.165, 1.54) is 25.7 Å². The van der Waals surface area contributed by atoms with E-state index in [0.29, 0.717) is 11.7 Å². The van der Waals surface area contributed by atoms with Crippen molar-refractivity contribution in [1.82, 2.24) is 29.8 Å². The lowest BCUT2D eigenvalue weighted by Gasteiger charge is -2.01. The zero-order valence-corrected chi connectivity index (χ0v) is 10.5. The van der Waals surface area contributed by atoms with E-state index in [9.17, 15) is 0 Å². The molecule has 0 aliphatic heterocycles. The van der Waals surface area contributed by atoms with Gasteiger partial charge in [0, 0.05) is 18.3 Å². The van der Waals surface area contributed by atoms with E-state index in [1.807, 2.05) is 6.20 Å². The molecule has 0 spiro atoms. The molecule has 0 amide bonds. The van der Waals surface area contributed by atoms with Crippen LogP contribution in [0.25, 0.3) is 16.9 Å². The summed E-state index contributed by atoms with van der Waals surface area (Å²) in [6.07, 6.45) is 12.1. The molecule has 6 heteroatoms. The summed E-state index contributed by atoms with van der Waals surface area (Å²) in [4.78, 5) is 8.77. The van der Waals surface area contributed by atoms with Gasteiger partial charge in [0.1, 0.15) is 5.82 Å². The van der Waals surface area contributed by atoms with Gasteiger partial charge in [-0.25, -0.2) is 9.50 Å². The zero-order valence-electron chi connectivity index (χ0n) is 10.5. The van der Waals surface area contributed by atoms with Crippen LogP contribution in [0.15, 0.2) is 24.8 Å². The van der Waals surface area contributed by atoms with Crippen molar-refractivity contribution in [2.75, 3.05) is 0 Å². The molecule has 19 heavy (non-hydrogen) atoms. The molecule has 0 radical (unpaired) electrons. The van der Waals surface area contributed by atoms with Crippen molar-refractivity contribution in [2.45, 2.75) is 31.6 Å². The molecule has 3 heterocycles. The molecule has 0 aromatic carbocycles. The molecule has 0 saturated heterocycles. The van der Waals surface area contributed by atoms with Gasteiger partial charge in [-0.15, -0.1) is 0 Å². The Morgan fingerprint density at radius 2 is 2.11 bits per heavy atom. The number of rotatable bonds is 2. The topological polar surface area (TPSA) is 71.8 Å². The first-order chi connectivity index (χ1) is 9.42. The lowest BCUT2D eigenvalue weighted by molar-refractivity contribution is 0.672. The van der Waals surface area contributed by atoms with Crippen molar-refractivity contribution in [2.24, 2.45) is 0 Å². The predicted molar refractivity (Wildman–Crippen MR) is 69.6 cm³/mol. The van der Waals surface area contributed by atoms with Gasteiger partial charge < -0.3 is 0 Å². The zero-order chi connectivity index (χ0) is 12.7. The van der Waals surface area contributed by atoms with Crippen LogP contribution in [0.5, 0.6) is 0 Å². The molecule has 96 valence electrons. The minimum Gasteiger partial charge on any atom is -0.262 e. The average molecular weight is 254 g/mol. The van der Waals surface area contributed by atoms with E-state index >= 15 is 0 Å². The second-order valence-electron chi connectivity index (χ2n) is 4.99. The van der Waals surface area contributed by atoms with Gasteiger partial charge in [-0.1, -0.05) is 12.8 Å². The molecular formula is C13H14N6. The predicted octanol–water partition coefficient (Wildman–Crippen LogP) is 2.17. The number of nitrogens with zero attached hydrogens (tertiary/aromatic N) is 5. The molecule has 1 saturated carbocycles. The highest BCUT2D eigenvalue weighted by atomic mass is 15.2. The summed E-state index contributed by atoms with van der Waals surface area (Å²) in [5.41, 5.74) is 1.85. The van der Waals surface area contributed by atoms with Crippen molar-refractivity contribution < 1.29 is 0 Å². The van der Waals surface area contributed by atoms with Gasteiger partial charge in [-0.3, -0.25) is 10.1 Å². The Bertz CT molecular complexity index is 707. The summed E-state index contributed by atoms with van der Waals surface area (Å²) in [6.45, 7) is 0. The van der Waals surface area contributed by atoms with Crippen molar-refractivity contribution in [3.63, 3.8) is 0 Å². The van der Waals surface area contributed by atoms with Crippen LogP contribution in [0.2, 0.25) is 0 Å². The number of hydrogen-bond acceptors (Lipinski definition) is 4. The van der Waals surface area contributed by atoms with Crippen LogP contribution in [0, 0.1) is 0 Å². The van der Waals surface area contributed by atoms with E-state index in [0.717, 1.165) is 16.9 Å². The SMILES string of the molecule is c1cn2ncc(-c3n[nH]c(C4CCCC4)n3)c2cn1. The fourth-order valence-corrected chi connectivity index (χ4v) is 2.78. The lowest BCUT2D eigenvalue weighted by atomic mass is 10.1. The largest absolute Gasteiger partial charge is 0.262 e. The number of fused-ring (bicyclic) bond motifs is 1. The number of aromatic amines is 1. The van der Waals surface area contributed by atoms with E-state index in [4.69, 9.17) is 0 Å². The second-order valence-corrected chi connectivity index (χ2v) is 4.99. The third-order valence-corrected chi connectivity index (χ3v) is 3.81. The standard InChI is InChI=1S/C13H14N6/c1-2-4-9(3-1)12-16-13(18-17-12)10-7-15-19-6-5-14-8-11(10)19/h5-9H,1-4H2,(H,16,17,18). The molecule has 6 nitrogen and oxygen atoms in total. The third-order valence-electron chi connectivity index (χ3n) is 3.81. The Kier molecular flexibility index (Phi) is 2.33. The van der Waals surface area contributed by atoms with E-state index in [2.05, 4.69) is 25.3 Å². The molecule has 1 aliphatic carbocycles. The molecule has 3 aromatic rings. The number of nitrogens with one attached hydrogen (secondary N) is 1. The Morgan fingerprint density at radius 1 is 1.21 bits per heavy atom. The maximum absolute atomic E-state index is 4.64. The Labute approximate surface area is 109 Å². The van der Waals surface area contributed by atoms with Crippen molar-refractivity contribution >= 4 is 5.52 Å². The van der Waals surface area contributed by atoms with Gasteiger partial charge >= 0.3 is 0 Å². The molecular weight excluding hydrogens is 240 g/mol. The average Bonchev–Trinajstić information content (AvgIpc) is 3.18. The van der Waals surface area contributed by atoms with Gasteiger partial charge in [0.05, 0.1) is 23.5 Å². The minimum absolute atomic E-state index is 0.543. The van der Waals surface area contributed by atoms with Crippen LogP contribution in [0.3, 0.4) is 0 Å². The maximum atomic E-state index is 4.64. The summed E-state index contributed by atoms with van der Waals surface area (Å²) in [7, 11) is 0. The summed E-state index contributed by atoms with van der Waals surface area (Å²) < 4.78 is 1.79. The van der Waals surface area contributed by atoms with Crippen LogP contribution in [0.1, 0.15) is 37.4 Å². The Hall–Kier alpha value is -2.24. The van der Waals surface area contributed by atoms with Crippen molar-refractivity contribution in [3.05, 3.63) is 30.6 Å². The Morgan fingerprint density at radius 3 is 3.00 bits per heavy atom. The first-order valence-electron chi connectivity index (χ1n) is 6.62. The van der Waals surface area contributed by atoms with Gasteiger partial charge in [-0.2, -0.15) is 10.2 Å². The van der Waals surface area contributed by atoms with Gasteiger partial charge in [0.2, 0.25) is 0 Å². The molecule has 4 rings (SSSR count). The van der Waals surface area contributed by atoms with Gasteiger partial charge in [-0.05, 0) is 12.8 Å². The van der Waals surface area contributed by atoms with Crippen LogP contribution in [-0.2, 0) is 0 Å². The van der Waals surface area contributed by atoms with E-state index < -0.39 is 0 Å². The van der Waals surface area contributed by atoms with E-state index in [-0.39, 0.29) is 0 Å². The quantitative estimate of drug-likeness (QED) is 0.760. The molecule has 1 N–H and O–H groups in total. The van der Waals surface area contributed by atoms with Crippen molar-refractivity contribution in [3.8, 4) is 11.4 Å². The first kappa shape index (κ1) is 10.7. The fraction of sp³-hybridized carbons (Fsp3) is 0.385. The highest BCUT2D eigenvalue weighted by Crippen LogP contribution is 2.33. The fourth-order valence-electron chi connectivity index (χ4n) is 2.78. The summed E-state index contributed by atoms with van der Waals surface area (Å²) in [5.74, 6) is 2.27. The summed E-state index contributed by atoms with van der Waals surface area (Å²) >= 11 is 0. The molecule has 0 atom stereocenters. The second kappa shape index (κ2) is 4.15. The maximum Gasteiger partial charge on any atom is 0.185 e. The Balaban J connectivity index is 1.76. The van der Waals surface area contributed by atoms with Crippen LogP contribution in [0.4, 0.5) is 0 Å². The van der Waals surface area contributed by atoms with Crippen molar-refractivity contribution in [1.29, 1.82) is 0 Å². The number of H-pyrrole nitrogens is 1. The normalized spacial score (nSPS) is 16.4. The molecule has 0 bridgehead atoms. The smallest absolute Gasteiger partial charge is 0.185 e. The van der Waals surface area contributed by atoms with Gasteiger partial charge in [0.15, 0.2) is 5.82 Å². The molecule has 1 aliphatic rings. The first-order valence-corrected chi connectivity index (χ1v) is 6.62. The number of hydrogen-bond donors (Lipinski definition) is 1. The van der Waals surface area contributed by atoms with Crippen LogP contribution >= 0.6 is 0 Å². The van der Waals surface area contributed by atoms with E-state index in [1.54, 1.807) is 23.1 Å². The lowest BCUT2D eigenvalue weighted by Crippen LogP contribution is -1.94.